The molecule has 4 heteroatoms. The standard InChI is InChI=1S/C12H19BrN2S/c1-12(2,3)11(15-14)8-16-10-6-4-5-9(13)7-10/h4-7,11,15H,8,14H2,1-3H3. The molecule has 2 nitrogen and oxygen atoms in total. The van der Waals surface area contributed by atoms with Crippen molar-refractivity contribution in [1.29, 1.82) is 0 Å². The van der Waals surface area contributed by atoms with Crippen LogP contribution in [0.25, 0.3) is 0 Å². The molecule has 0 aliphatic carbocycles. The predicted molar refractivity (Wildman–Crippen MR) is 75.4 cm³/mol. The Bertz CT molecular complexity index is 336. The molecule has 90 valence electrons. The van der Waals surface area contributed by atoms with Crippen LogP contribution >= 0.6 is 27.7 Å². The van der Waals surface area contributed by atoms with E-state index < -0.39 is 0 Å². The van der Waals surface area contributed by atoms with Gasteiger partial charge < -0.3 is 0 Å². The monoisotopic (exact) mass is 302 g/mol. The van der Waals surface area contributed by atoms with Gasteiger partial charge in [-0.15, -0.1) is 11.8 Å². The number of nitrogens with two attached hydrogens (primary N) is 1. The summed E-state index contributed by atoms with van der Waals surface area (Å²) >= 11 is 5.29. The Labute approximate surface area is 110 Å². The molecule has 1 rings (SSSR count). The number of halogens is 1. The summed E-state index contributed by atoms with van der Waals surface area (Å²) < 4.78 is 1.12. The number of rotatable bonds is 4. The Balaban J connectivity index is 2.56. The number of thioether (sulfide) groups is 1. The van der Waals surface area contributed by atoms with E-state index in [-0.39, 0.29) is 5.41 Å². The Hall–Kier alpha value is -0.0300. The van der Waals surface area contributed by atoms with Crippen LogP contribution in [-0.4, -0.2) is 11.8 Å². The number of nitrogens with one attached hydrogen (secondary N) is 1. The fraction of sp³-hybridized carbons (Fsp3) is 0.500. The second kappa shape index (κ2) is 6.05. The lowest BCUT2D eigenvalue weighted by Gasteiger charge is -2.29. The predicted octanol–water partition coefficient (Wildman–Crippen LogP) is 3.42. The first-order valence-electron chi connectivity index (χ1n) is 5.28. The van der Waals surface area contributed by atoms with E-state index in [1.807, 2.05) is 23.9 Å². The van der Waals surface area contributed by atoms with Crippen LogP contribution in [0.2, 0.25) is 0 Å². The highest BCUT2D eigenvalue weighted by Gasteiger charge is 2.23. The van der Waals surface area contributed by atoms with Crippen LogP contribution in [-0.2, 0) is 0 Å². The Morgan fingerprint density at radius 3 is 2.62 bits per heavy atom. The SMILES string of the molecule is CC(C)(C)C(CSc1cccc(Br)c1)NN. The molecule has 0 aromatic heterocycles. The van der Waals surface area contributed by atoms with E-state index in [2.05, 4.69) is 54.3 Å². The molecule has 0 saturated carbocycles. The number of hydrazine groups is 1. The lowest BCUT2D eigenvalue weighted by Crippen LogP contribution is -2.46. The molecule has 0 bridgehead atoms. The molecular formula is C12H19BrN2S. The molecule has 0 aliphatic heterocycles. The van der Waals surface area contributed by atoms with Crippen LogP contribution in [0.5, 0.6) is 0 Å². The molecule has 16 heavy (non-hydrogen) atoms. The van der Waals surface area contributed by atoms with E-state index in [0.29, 0.717) is 6.04 Å². The van der Waals surface area contributed by atoms with E-state index in [1.165, 1.54) is 4.90 Å². The van der Waals surface area contributed by atoms with E-state index in [1.54, 1.807) is 0 Å². The molecule has 1 atom stereocenters. The van der Waals surface area contributed by atoms with Gasteiger partial charge in [0.2, 0.25) is 0 Å². The lowest BCUT2D eigenvalue weighted by molar-refractivity contribution is 0.294. The highest BCUT2D eigenvalue weighted by molar-refractivity contribution is 9.10. The minimum Gasteiger partial charge on any atom is -0.271 e. The van der Waals surface area contributed by atoms with Gasteiger partial charge in [-0.2, -0.15) is 0 Å². The van der Waals surface area contributed by atoms with Gasteiger partial charge in [0.15, 0.2) is 0 Å². The third-order valence-corrected chi connectivity index (χ3v) is 4.04. The molecule has 1 aromatic carbocycles. The van der Waals surface area contributed by atoms with Crippen LogP contribution in [0.3, 0.4) is 0 Å². The summed E-state index contributed by atoms with van der Waals surface area (Å²) in [5.74, 6) is 6.55. The van der Waals surface area contributed by atoms with Crippen molar-refractivity contribution < 1.29 is 0 Å². The third kappa shape index (κ3) is 4.45. The summed E-state index contributed by atoms with van der Waals surface area (Å²) in [6.45, 7) is 6.58. The molecule has 1 unspecified atom stereocenters. The largest absolute Gasteiger partial charge is 0.271 e. The average molecular weight is 303 g/mol. The second-order valence-electron chi connectivity index (χ2n) is 4.85. The summed E-state index contributed by atoms with van der Waals surface area (Å²) in [5.41, 5.74) is 3.07. The molecule has 0 amide bonds. The van der Waals surface area contributed by atoms with Crippen LogP contribution in [0.1, 0.15) is 20.8 Å². The maximum Gasteiger partial charge on any atom is 0.0353 e. The van der Waals surface area contributed by atoms with Gasteiger partial charge in [0.1, 0.15) is 0 Å². The normalized spacial score (nSPS) is 13.8. The van der Waals surface area contributed by atoms with E-state index >= 15 is 0 Å². The fourth-order valence-corrected chi connectivity index (χ4v) is 3.18. The van der Waals surface area contributed by atoms with Crippen molar-refractivity contribution in [2.75, 3.05) is 5.75 Å². The first-order valence-corrected chi connectivity index (χ1v) is 7.06. The molecule has 0 spiro atoms. The van der Waals surface area contributed by atoms with Crippen LogP contribution < -0.4 is 11.3 Å². The average Bonchev–Trinajstić information content (AvgIpc) is 2.16. The van der Waals surface area contributed by atoms with Crippen molar-refractivity contribution in [2.45, 2.75) is 31.7 Å². The Morgan fingerprint density at radius 2 is 2.12 bits per heavy atom. The molecule has 3 N–H and O–H groups in total. The van der Waals surface area contributed by atoms with E-state index in [9.17, 15) is 0 Å². The van der Waals surface area contributed by atoms with Gasteiger partial charge in [0, 0.05) is 21.2 Å². The van der Waals surface area contributed by atoms with Crippen molar-refractivity contribution >= 4 is 27.7 Å². The number of benzene rings is 1. The van der Waals surface area contributed by atoms with Crippen LogP contribution in [0, 0.1) is 5.41 Å². The minimum atomic E-state index is 0.174. The maximum absolute atomic E-state index is 5.58. The summed E-state index contributed by atoms with van der Waals surface area (Å²) in [6, 6.07) is 8.63. The van der Waals surface area contributed by atoms with Crippen molar-refractivity contribution in [2.24, 2.45) is 11.3 Å². The molecule has 0 aliphatic rings. The van der Waals surface area contributed by atoms with Crippen molar-refractivity contribution in [3.8, 4) is 0 Å². The zero-order chi connectivity index (χ0) is 12.2. The quantitative estimate of drug-likeness (QED) is 0.508. The summed E-state index contributed by atoms with van der Waals surface area (Å²) in [4.78, 5) is 1.26. The smallest absolute Gasteiger partial charge is 0.0353 e. The van der Waals surface area contributed by atoms with Crippen molar-refractivity contribution in [3.63, 3.8) is 0 Å². The van der Waals surface area contributed by atoms with E-state index in [0.717, 1.165) is 10.2 Å². The third-order valence-electron chi connectivity index (χ3n) is 2.46. The van der Waals surface area contributed by atoms with Crippen molar-refractivity contribution in [3.05, 3.63) is 28.7 Å². The Morgan fingerprint density at radius 1 is 1.44 bits per heavy atom. The molecule has 1 aromatic rings. The lowest BCUT2D eigenvalue weighted by atomic mass is 9.88. The Kier molecular flexibility index (Phi) is 5.31. The van der Waals surface area contributed by atoms with Gasteiger partial charge in [0.25, 0.3) is 0 Å². The summed E-state index contributed by atoms with van der Waals surface area (Å²) in [6.07, 6.45) is 0. The molecule has 0 radical (unpaired) electrons. The first kappa shape index (κ1) is 14.0. The fourth-order valence-electron chi connectivity index (χ4n) is 1.28. The van der Waals surface area contributed by atoms with Gasteiger partial charge in [-0.05, 0) is 23.6 Å². The molecule has 0 saturated heterocycles. The zero-order valence-electron chi connectivity index (χ0n) is 9.96. The van der Waals surface area contributed by atoms with Gasteiger partial charge in [0.05, 0.1) is 0 Å². The van der Waals surface area contributed by atoms with Gasteiger partial charge in [-0.3, -0.25) is 11.3 Å². The van der Waals surface area contributed by atoms with Crippen molar-refractivity contribution in [1.82, 2.24) is 5.43 Å². The molecule has 0 fully saturated rings. The summed E-state index contributed by atoms with van der Waals surface area (Å²) in [5, 5.41) is 0. The first-order chi connectivity index (χ1) is 7.43. The zero-order valence-corrected chi connectivity index (χ0v) is 12.4. The number of hydrogen-bond donors (Lipinski definition) is 2. The van der Waals surface area contributed by atoms with Gasteiger partial charge in [-0.25, -0.2) is 0 Å². The summed E-state index contributed by atoms with van der Waals surface area (Å²) in [7, 11) is 0. The van der Waals surface area contributed by atoms with Gasteiger partial charge >= 0.3 is 0 Å². The maximum atomic E-state index is 5.58. The number of hydrogen-bond acceptors (Lipinski definition) is 3. The highest BCUT2D eigenvalue weighted by Crippen LogP contribution is 2.27. The molecule has 0 heterocycles. The molecular weight excluding hydrogens is 284 g/mol. The second-order valence-corrected chi connectivity index (χ2v) is 6.86. The van der Waals surface area contributed by atoms with Crippen LogP contribution in [0.15, 0.2) is 33.6 Å². The topological polar surface area (TPSA) is 38.0 Å². The van der Waals surface area contributed by atoms with Gasteiger partial charge in [-0.1, -0.05) is 42.8 Å². The minimum absolute atomic E-state index is 0.174. The highest BCUT2D eigenvalue weighted by atomic mass is 79.9. The van der Waals surface area contributed by atoms with Crippen LogP contribution in [0.4, 0.5) is 0 Å². The van der Waals surface area contributed by atoms with E-state index in [4.69, 9.17) is 5.84 Å².